The van der Waals surface area contributed by atoms with Crippen LogP contribution < -0.4 is 10.1 Å². The highest BCUT2D eigenvalue weighted by atomic mass is 19.4. The highest BCUT2D eigenvalue weighted by Crippen LogP contribution is 2.34. The Morgan fingerprint density at radius 1 is 1.20 bits per heavy atom. The van der Waals surface area contributed by atoms with Crippen molar-refractivity contribution in [2.45, 2.75) is 46.0 Å². The van der Waals surface area contributed by atoms with Crippen LogP contribution in [0.3, 0.4) is 0 Å². The Balaban J connectivity index is 3.05. The van der Waals surface area contributed by atoms with Crippen LogP contribution in [0.4, 0.5) is 13.2 Å². The third-order valence-corrected chi connectivity index (χ3v) is 3.31. The lowest BCUT2D eigenvalue weighted by Crippen LogP contribution is -2.29. The maximum absolute atomic E-state index is 12.5. The molecule has 5 heteroatoms. The molecule has 0 saturated carbocycles. The van der Waals surface area contributed by atoms with Gasteiger partial charge in [0, 0.05) is 11.6 Å². The monoisotopic (exact) mass is 289 g/mol. The van der Waals surface area contributed by atoms with Crippen LogP contribution in [0.25, 0.3) is 0 Å². The zero-order valence-corrected chi connectivity index (χ0v) is 12.1. The molecule has 1 aromatic carbocycles. The third-order valence-electron chi connectivity index (χ3n) is 3.31. The molecule has 0 radical (unpaired) electrons. The Bertz CT molecular complexity index is 406. The summed E-state index contributed by atoms with van der Waals surface area (Å²) in [6, 6.07) is 6.21. The maximum Gasteiger partial charge on any atom is 0.573 e. The second kappa shape index (κ2) is 7.53. The van der Waals surface area contributed by atoms with Gasteiger partial charge in [0.25, 0.3) is 0 Å². The SMILES string of the molecule is CCCNC(c1ccccc1OC(F)(F)F)C(C)CC. The summed E-state index contributed by atoms with van der Waals surface area (Å²) in [5, 5.41) is 3.32. The van der Waals surface area contributed by atoms with Gasteiger partial charge >= 0.3 is 6.36 Å². The first-order valence-electron chi connectivity index (χ1n) is 6.97. The van der Waals surface area contributed by atoms with Gasteiger partial charge in [-0.25, -0.2) is 0 Å². The number of nitrogens with one attached hydrogen (secondary N) is 1. The van der Waals surface area contributed by atoms with Gasteiger partial charge in [0.15, 0.2) is 0 Å². The van der Waals surface area contributed by atoms with Crippen molar-refractivity contribution >= 4 is 0 Å². The Hall–Kier alpha value is -1.23. The van der Waals surface area contributed by atoms with Crippen molar-refractivity contribution in [2.75, 3.05) is 6.54 Å². The number of rotatable bonds is 7. The molecule has 0 fully saturated rings. The standard InChI is InChI=1S/C15H22F3NO/c1-4-10-19-14(11(3)5-2)12-8-6-7-9-13(12)20-15(16,17)18/h6-9,11,14,19H,4-5,10H2,1-3H3. The van der Waals surface area contributed by atoms with Gasteiger partial charge in [-0.15, -0.1) is 13.2 Å². The third kappa shape index (κ3) is 5.04. The van der Waals surface area contributed by atoms with Crippen molar-refractivity contribution in [3.05, 3.63) is 29.8 Å². The topological polar surface area (TPSA) is 21.3 Å². The Morgan fingerprint density at radius 3 is 2.40 bits per heavy atom. The molecule has 0 heterocycles. The normalized spacial score (nSPS) is 14.9. The predicted molar refractivity (Wildman–Crippen MR) is 73.6 cm³/mol. The summed E-state index contributed by atoms with van der Waals surface area (Å²) in [5.74, 6) is 0.105. The molecule has 1 N–H and O–H groups in total. The Morgan fingerprint density at radius 2 is 1.85 bits per heavy atom. The van der Waals surface area contributed by atoms with Crippen molar-refractivity contribution in [2.24, 2.45) is 5.92 Å². The second-order valence-electron chi connectivity index (χ2n) is 4.90. The highest BCUT2D eigenvalue weighted by Gasteiger charge is 2.33. The summed E-state index contributed by atoms with van der Waals surface area (Å²) in [6.07, 6.45) is -2.86. The molecule has 0 spiro atoms. The summed E-state index contributed by atoms with van der Waals surface area (Å²) < 4.78 is 41.6. The van der Waals surface area contributed by atoms with Crippen LogP contribution in [-0.4, -0.2) is 12.9 Å². The fourth-order valence-electron chi connectivity index (χ4n) is 2.11. The predicted octanol–water partition coefficient (Wildman–Crippen LogP) is 4.67. The number of para-hydroxylation sites is 1. The Labute approximate surface area is 118 Å². The van der Waals surface area contributed by atoms with E-state index < -0.39 is 6.36 Å². The lowest BCUT2D eigenvalue weighted by atomic mass is 9.91. The van der Waals surface area contributed by atoms with Gasteiger partial charge in [-0.3, -0.25) is 0 Å². The van der Waals surface area contributed by atoms with Gasteiger partial charge in [0.05, 0.1) is 0 Å². The summed E-state index contributed by atoms with van der Waals surface area (Å²) in [6.45, 7) is 6.84. The average Bonchev–Trinajstić information content (AvgIpc) is 2.38. The molecule has 0 aliphatic rings. The van der Waals surface area contributed by atoms with Gasteiger partial charge in [-0.1, -0.05) is 45.4 Å². The Kier molecular flexibility index (Phi) is 6.33. The molecule has 1 rings (SSSR count). The molecule has 0 saturated heterocycles. The van der Waals surface area contributed by atoms with E-state index in [-0.39, 0.29) is 17.7 Å². The molecule has 2 atom stereocenters. The van der Waals surface area contributed by atoms with Crippen molar-refractivity contribution in [3.63, 3.8) is 0 Å². The van der Waals surface area contributed by atoms with E-state index in [1.807, 2.05) is 20.8 Å². The van der Waals surface area contributed by atoms with E-state index in [1.54, 1.807) is 18.2 Å². The van der Waals surface area contributed by atoms with Crippen molar-refractivity contribution in [1.82, 2.24) is 5.32 Å². The van der Waals surface area contributed by atoms with Crippen LogP contribution in [0.15, 0.2) is 24.3 Å². The zero-order chi connectivity index (χ0) is 15.2. The fraction of sp³-hybridized carbons (Fsp3) is 0.600. The number of benzene rings is 1. The number of halogens is 3. The molecule has 0 bridgehead atoms. The van der Waals surface area contributed by atoms with E-state index in [9.17, 15) is 13.2 Å². The maximum atomic E-state index is 12.5. The molecule has 1 aromatic rings. The lowest BCUT2D eigenvalue weighted by Gasteiger charge is -2.27. The minimum Gasteiger partial charge on any atom is -0.405 e. The van der Waals surface area contributed by atoms with Gasteiger partial charge in [0.2, 0.25) is 0 Å². The quantitative estimate of drug-likeness (QED) is 0.787. The molecule has 20 heavy (non-hydrogen) atoms. The fourth-order valence-corrected chi connectivity index (χ4v) is 2.11. The average molecular weight is 289 g/mol. The molecule has 0 amide bonds. The molecule has 0 aromatic heterocycles. The molecule has 2 unspecified atom stereocenters. The molecule has 2 nitrogen and oxygen atoms in total. The first-order chi connectivity index (χ1) is 9.39. The summed E-state index contributed by atoms with van der Waals surface area (Å²) in [4.78, 5) is 0. The van der Waals surface area contributed by atoms with Crippen LogP contribution in [0, 0.1) is 5.92 Å². The first kappa shape index (κ1) is 16.8. The molecular weight excluding hydrogens is 267 g/mol. The summed E-state index contributed by atoms with van der Waals surface area (Å²) >= 11 is 0. The molecule has 114 valence electrons. The first-order valence-corrected chi connectivity index (χ1v) is 6.97. The zero-order valence-electron chi connectivity index (χ0n) is 12.1. The number of hydrogen-bond donors (Lipinski definition) is 1. The van der Waals surface area contributed by atoms with Crippen molar-refractivity contribution in [3.8, 4) is 5.75 Å². The van der Waals surface area contributed by atoms with Gasteiger partial charge in [-0.05, 0) is 24.9 Å². The smallest absolute Gasteiger partial charge is 0.405 e. The van der Waals surface area contributed by atoms with E-state index in [0.29, 0.717) is 5.56 Å². The minimum absolute atomic E-state index is 0.117. The molecule has 0 aliphatic heterocycles. The summed E-state index contributed by atoms with van der Waals surface area (Å²) in [7, 11) is 0. The highest BCUT2D eigenvalue weighted by molar-refractivity contribution is 5.36. The van der Waals surface area contributed by atoms with Crippen LogP contribution in [0.5, 0.6) is 5.75 Å². The van der Waals surface area contributed by atoms with Crippen LogP contribution in [-0.2, 0) is 0 Å². The van der Waals surface area contributed by atoms with E-state index >= 15 is 0 Å². The van der Waals surface area contributed by atoms with Gasteiger partial charge < -0.3 is 10.1 Å². The number of ether oxygens (including phenoxy) is 1. The molecular formula is C15H22F3NO. The van der Waals surface area contributed by atoms with E-state index in [0.717, 1.165) is 19.4 Å². The van der Waals surface area contributed by atoms with Crippen molar-refractivity contribution < 1.29 is 17.9 Å². The van der Waals surface area contributed by atoms with Gasteiger partial charge in [-0.2, -0.15) is 0 Å². The van der Waals surface area contributed by atoms with Crippen LogP contribution in [0.2, 0.25) is 0 Å². The number of alkyl halides is 3. The second-order valence-corrected chi connectivity index (χ2v) is 4.90. The molecule has 0 aliphatic carbocycles. The van der Waals surface area contributed by atoms with Crippen LogP contribution in [0.1, 0.15) is 45.2 Å². The van der Waals surface area contributed by atoms with E-state index in [2.05, 4.69) is 10.1 Å². The summed E-state index contributed by atoms with van der Waals surface area (Å²) in [5.41, 5.74) is 0.563. The van der Waals surface area contributed by atoms with Crippen LogP contribution >= 0.6 is 0 Å². The van der Waals surface area contributed by atoms with E-state index in [1.165, 1.54) is 6.07 Å². The van der Waals surface area contributed by atoms with Crippen molar-refractivity contribution in [1.29, 1.82) is 0 Å². The largest absolute Gasteiger partial charge is 0.573 e. The number of hydrogen-bond acceptors (Lipinski definition) is 2. The minimum atomic E-state index is -4.67. The lowest BCUT2D eigenvalue weighted by molar-refractivity contribution is -0.275. The van der Waals surface area contributed by atoms with E-state index in [4.69, 9.17) is 0 Å². The van der Waals surface area contributed by atoms with Gasteiger partial charge in [0.1, 0.15) is 5.75 Å².